The van der Waals surface area contributed by atoms with Gasteiger partial charge in [-0.05, 0) is 30.9 Å². The van der Waals surface area contributed by atoms with Gasteiger partial charge in [-0.3, -0.25) is 4.79 Å². The van der Waals surface area contributed by atoms with Gasteiger partial charge in [-0.15, -0.1) is 0 Å². The Balaban J connectivity index is 1.67. The number of piperidine rings is 1. The molecule has 5 nitrogen and oxygen atoms in total. The predicted molar refractivity (Wildman–Crippen MR) is 67.5 cm³/mol. The molecule has 18 heavy (non-hydrogen) atoms. The van der Waals surface area contributed by atoms with E-state index in [1.165, 1.54) is 0 Å². The number of methoxy groups -OCH3 is 1. The van der Waals surface area contributed by atoms with E-state index >= 15 is 0 Å². The topological polar surface area (TPSA) is 54.5 Å². The minimum atomic E-state index is 0.329. The minimum absolute atomic E-state index is 0.329. The van der Waals surface area contributed by atoms with Gasteiger partial charge < -0.3 is 15.0 Å². The van der Waals surface area contributed by atoms with Crippen molar-refractivity contribution < 1.29 is 9.53 Å². The minimum Gasteiger partial charge on any atom is -0.495 e. The maximum Gasteiger partial charge on any atom is 0.210 e. The van der Waals surface area contributed by atoms with Gasteiger partial charge >= 0.3 is 0 Å². The molecule has 1 aliphatic heterocycles. The number of likely N-dealkylation sites (tertiary alicyclic amines) is 1. The van der Waals surface area contributed by atoms with E-state index < -0.39 is 0 Å². The summed E-state index contributed by atoms with van der Waals surface area (Å²) in [6, 6.07) is 4.46. The van der Waals surface area contributed by atoms with E-state index in [-0.39, 0.29) is 0 Å². The molecule has 1 N–H and O–H groups in total. The molecule has 0 aromatic carbocycles. The van der Waals surface area contributed by atoms with Crippen LogP contribution in [-0.4, -0.2) is 42.0 Å². The number of carbonyl (C=O) groups excluding carboxylic acids is 1. The van der Waals surface area contributed by atoms with Crippen LogP contribution in [0.1, 0.15) is 12.8 Å². The molecule has 3 atom stereocenters. The number of rotatable bonds is 4. The molecule has 1 aromatic rings. The SMILES string of the molecule is COc1ccc(N[C@@H]2C[C@H]3C[C@@H]2N(C=O)C3)nc1. The van der Waals surface area contributed by atoms with Crippen LogP contribution in [0, 0.1) is 5.92 Å². The zero-order valence-electron chi connectivity index (χ0n) is 10.4. The van der Waals surface area contributed by atoms with Gasteiger partial charge in [0.1, 0.15) is 11.6 Å². The third kappa shape index (κ3) is 1.89. The van der Waals surface area contributed by atoms with E-state index in [0.29, 0.717) is 18.0 Å². The Bertz CT molecular complexity index is 434. The molecular weight excluding hydrogens is 230 g/mol. The molecule has 2 fully saturated rings. The Kier molecular flexibility index (Phi) is 2.81. The fourth-order valence-corrected chi connectivity index (χ4v) is 3.12. The third-order valence-electron chi connectivity index (χ3n) is 3.96. The number of amides is 1. The quantitative estimate of drug-likeness (QED) is 0.810. The predicted octanol–water partition coefficient (Wildman–Crippen LogP) is 1.12. The second-order valence-electron chi connectivity index (χ2n) is 5.04. The van der Waals surface area contributed by atoms with Crippen LogP contribution in [0.4, 0.5) is 5.82 Å². The summed E-state index contributed by atoms with van der Waals surface area (Å²) >= 11 is 0. The lowest BCUT2D eigenvalue weighted by Gasteiger charge is -2.31. The van der Waals surface area contributed by atoms with Crippen LogP contribution in [-0.2, 0) is 4.79 Å². The average molecular weight is 247 g/mol. The van der Waals surface area contributed by atoms with Crippen molar-refractivity contribution in [3.8, 4) is 5.75 Å². The van der Waals surface area contributed by atoms with Crippen LogP contribution in [0.5, 0.6) is 5.75 Å². The smallest absolute Gasteiger partial charge is 0.210 e. The third-order valence-corrected chi connectivity index (χ3v) is 3.96. The second-order valence-corrected chi connectivity index (χ2v) is 5.04. The normalized spacial score (nSPS) is 29.4. The molecule has 1 saturated heterocycles. The van der Waals surface area contributed by atoms with E-state index in [2.05, 4.69) is 10.3 Å². The van der Waals surface area contributed by atoms with Gasteiger partial charge in [-0.25, -0.2) is 4.98 Å². The Labute approximate surface area is 106 Å². The lowest BCUT2D eigenvalue weighted by molar-refractivity contribution is -0.119. The molecule has 2 heterocycles. The number of nitrogens with one attached hydrogen (secondary N) is 1. The summed E-state index contributed by atoms with van der Waals surface area (Å²) in [6.45, 7) is 0.919. The second kappa shape index (κ2) is 4.48. The average Bonchev–Trinajstić information content (AvgIpc) is 2.99. The van der Waals surface area contributed by atoms with E-state index in [1.807, 2.05) is 17.0 Å². The summed E-state index contributed by atoms with van der Waals surface area (Å²) in [6.07, 6.45) is 4.92. The van der Waals surface area contributed by atoms with Crippen molar-refractivity contribution >= 4 is 12.2 Å². The monoisotopic (exact) mass is 247 g/mol. The molecule has 1 saturated carbocycles. The summed E-state index contributed by atoms with van der Waals surface area (Å²) in [5.74, 6) is 2.25. The van der Waals surface area contributed by atoms with E-state index in [1.54, 1.807) is 13.3 Å². The summed E-state index contributed by atoms with van der Waals surface area (Å²) in [7, 11) is 1.63. The first-order chi connectivity index (χ1) is 8.80. The highest BCUT2D eigenvalue weighted by Gasteiger charge is 2.44. The number of pyridine rings is 1. The van der Waals surface area contributed by atoms with Gasteiger partial charge in [0.05, 0.1) is 19.3 Å². The first-order valence-electron chi connectivity index (χ1n) is 6.28. The lowest BCUT2D eigenvalue weighted by Crippen LogP contribution is -2.44. The van der Waals surface area contributed by atoms with E-state index in [0.717, 1.165) is 37.4 Å². The van der Waals surface area contributed by atoms with Gasteiger partial charge in [0.15, 0.2) is 0 Å². The van der Waals surface area contributed by atoms with E-state index in [9.17, 15) is 4.79 Å². The molecule has 2 bridgehead atoms. The molecule has 3 rings (SSSR count). The highest BCUT2D eigenvalue weighted by atomic mass is 16.5. The van der Waals surface area contributed by atoms with Crippen molar-refractivity contribution in [1.29, 1.82) is 0 Å². The molecule has 0 spiro atoms. The fraction of sp³-hybridized carbons (Fsp3) is 0.538. The maximum absolute atomic E-state index is 10.9. The van der Waals surface area contributed by atoms with Gasteiger partial charge in [0.2, 0.25) is 6.41 Å². The molecule has 1 aliphatic carbocycles. The number of anilines is 1. The molecule has 96 valence electrons. The zero-order valence-corrected chi connectivity index (χ0v) is 10.4. The largest absolute Gasteiger partial charge is 0.495 e. The molecule has 2 aliphatic rings. The van der Waals surface area contributed by atoms with Gasteiger partial charge in [0, 0.05) is 12.6 Å². The summed E-state index contributed by atoms with van der Waals surface area (Å²) in [5, 5.41) is 3.42. The van der Waals surface area contributed by atoms with Crippen molar-refractivity contribution in [3.63, 3.8) is 0 Å². The van der Waals surface area contributed by atoms with Crippen LogP contribution in [0.2, 0.25) is 0 Å². The van der Waals surface area contributed by atoms with Crippen molar-refractivity contribution in [3.05, 3.63) is 18.3 Å². The number of nitrogens with zero attached hydrogens (tertiary/aromatic N) is 2. The lowest BCUT2D eigenvalue weighted by atomic mass is 10.1. The summed E-state index contributed by atoms with van der Waals surface area (Å²) < 4.78 is 5.08. The molecule has 1 amide bonds. The number of ether oxygens (including phenoxy) is 1. The fourth-order valence-electron chi connectivity index (χ4n) is 3.12. The Morgan fingerprint density at radius 1 is 1.50 bits per heavy atom. The summed E-state index contributed by atoms with van der Waals surface area (Å²) in [4.78, 5) is 17.2. The van der Waals surface area contributed by atoms with Crippen molar-refractivity contribution in [2.24, 2.45) is 5.92 Å². The number of carbonyl (C=O) groups is 1. The van der Waals surface area contributed by atoms with Crippen LogP contribution >= 0.6 is 0 Å². The zero-order chi connectivity index (χ0) is 12.5. The first kappa shape index (κ1) is 11.3. The number of aromatic nitrogens is 1. The van der Waals surface area contributed by atoms with Gasteiger partial charge in [0.25, 0.3) is 0 Å². The van der Waals surface area contributed by atoms with Crippen molar-refractivity contribution in [2.45, 2.75) is 24.9 Å². The summed E-state index contributed by atoms with van der Waals surface area (Å²) in [5.41, 5.74) is 0. The molecular formula is C13H17N3O2. The van der Waals surface area contributed by atoms with Crippen LogP contribution in [0.15, 0.2) is 18.3 Å². The van der Waals surface area contributed by atoms with Crippen LogP contribution < -0.4 is 10.1 Å². The molecule has 1 aromatic heterocycles. The van der Waals surface area contributed by atoms with Crippen LogP contribution in [0.3, 0.4) is 0 Å². The number of hydrogen-bond acceptors (Lipinski definition) is 4. The van der Waals surface area contributed by atoms with Gasteiger partial charge in [-0.2, -0.15) is 0 Å². The van der Waals surface area contributed by atoms with Crippen molar-refractivity contribution in [1.82, 2.24) is 9.88 Å². The Hall–Kier alpha value is -1.78. The number of fused-ring (bicyclic) bond motifs is 2. The van der Waals surface area contributed by atoms with E-state index in [4.69, 9.17) is 4.74 Å². The first-order valence-corrected chi connectivity index (χ1v) is 6.28. The highest BCUT2D eigenvalue weighted by Crippen LogP contribution is 2.38. The molecule has 0 radical (unpaired) electrons. The van der Waals surface area contributed by atoms with Gasteiger partial charge in [-0.1, -0.05) is 0 Å². The Morgan fingerprint density at radius 2 is 2.39 bits per heavy atom. The maximum atomic E-state index is 10.9. The standard InChI is InChI=1S/C13H17N3O2/c1-18-10-2-3-13(14-6-10)15-11-4-9-5-12(11)16(7-9)8-17/h2-3,6,8-9,11-12H,4-5,7H2,1H3,(H,14,15)/t9-,11+,12-/m0/s1. The van der Waals surface area contributed by atoms with Crippen molar-refractivity contribution in [2.75, 3.05) is 19.0 Å². The Morgan fingerprint density at radius 3 is 3.00 bits per heavy atom. The molecule has 5 heteroatoms. The number of hydrogen-bond donors (Lipinski definition) is 1. The highest BCUT2D eigenvalue weighted by molar-refractivity contribution is 5.50. The van der Waals surface area contributed by atoms with Crippen LogP contribution in [0.25, 0.3) is 0 Å². The molecule has 0 unspecified atom stereocenters.